The third-order valence-corrected chi connectivity index (χ3v) is 5.46. The van der Waals surface area contributed by atoms with Crippen LogP contribution in [-0.4, -0.2) is 73.9 Å². The number of nitrogens with one attached hydrogen (secondary N) is 1. The van der Waals surface area contributed by atoms with E-state index in [0.717, 1.165) is 82.2 Å². The molecule has 1 N–H and O–H groups in total. The summed E-state index contributed by atoms with van der Waals surface area (Å²) in [6, 6.07) is 10.4. The van der Waals surface area contributed by atoms with E-state index in [9.17, 15) is 0 Å². The van der Waals surface area contributed by atoms with Gasteiger partial charge in [-0.3, -0.25) is 0 Å². The van der Waals surface area contributed by atoms with Crippen molar-refractivity contribution in [2.75, 3.05) is 74.1 Å². The predicted molar refractivity (Wildman–Crippen MR) is 114 cm³/mol. The molecule has 7 heteroatoms. The van der Waals surface area contributed by atoms with E-state index in [-0.39, 0.29) is 0 Å². The van der Waals surface area contributed by atoms with Gasteiger partial charge < -0.3 is 24.8 Å². The molecule has 0 bridgehead atoms. The number of piperazine rings is 1. The number of rotatable bonds is 5. The Balaban J connectivity index is 1.53. The number of aromatic nitrogens is 2. The molecule has 150 valence electrons. The van der Waals surface area contributed by atoms with Crippen LogP contribution >= 0.6 is 0 Å². The first-order valence-corrected chi connectivity index (χ1v) is 10.2. The van der Waals surface area contributed by atoms with Crippen molar-refractivity contribution in [3.63, 3.8) is 0 Å². The molecule has 1 aromatic heterocycles. The molecule has 2 aromatic rings. The van der Waals surface area contributed by atoms with Crippen molar-refractivity contribution >= 4 is 23.1 Å². The van der Waals surface area contributed by atoms with Crippen molar-refractivity contribution < 1.29 is 4.74 Å². The molecule has 0 unspecified atom stereocenters. The summed E-state index contributed by atoms with van der Waals surface area (Å²) in [4.78, 5) is 16.6. The lowest BCUT2D eigenvalue weighted by Crippen LogP contribution is -2.46. The summed E-state index contributed by atoms with van der Waals surface area (Å²) < 4.78 is 5.50. The Hall–Kier alpha value is -2.38. The van der Waals surface area contributed by atoms with Crippen LogP contribution in [0, 0.1) is 6.92 Å². The van der Waals surface area contributed by atoms with Crippen molar-refractivity contribution in [3.05, 3.63) is 36.0 Å². The molecular formula is C21H30N6O. The molecule has 1 aromatic carbocycles. The van der Waals surface area contributed by atoms with E-state index in [1.54, 1.807) is 0 Å². The van der Waals surface area contributed by atoms with E-state index in [4.69, 9.17) is 14.7 Å². The van der Waals surface area contributed by atoms with Crippen molar-refractivity contribution in [2.24, 2.45) is 0 Å². The first-order valence-electron chi connectivity index (χ1n) is 10.2. The largest absolute Gasteiger partial charge is 0.378 e. The second-order valence-corrected chi connectivity index (χ2v) is 7.36. The standard InChI is InChI=1S/C21H30N6O/c1-3-25-8-10-27(11-9-25)21-22-17(2)16-20(24-21)23-18-6-4-5-7-19(18)26-12-14-28-15-13-26/h4-7,16H,3,8-15H2,1-2H3,(H,22,23,24). The Morgan fingerprint density at radius 2 is 1.71 bits per heavy atom. The summed E-state index contributed by atoms with van der Waals surface area (Å²) in [7, 11) is 0. The van der Waals surface area contributed by atoms with Crippen LogP contribution in [0.1, 0.15) is 12.6 Å². The number of para-hydroxylation sites is 2. The number of morpholine rings is 1. The molecule has 0 spiro atoms. The fraction of sp³-hybridized carbons (Fsp3) is 0.524. The molecule has 0 amide bonds. The molecule has 2 saturated heterocycles. The van der Waals surface area contributed by atoms with Crippen LogP contribution in [0.2, 0.25) is 0 Å². The Kier molecular flexibility index (Phi) is 5.92. The zero-order chi connectivity index (χ0) is 19.3. The van der Waals surface area contributed by atoms with Crippen molar-refractivity contribution in [2.45, 2.75) is 13.8 Å². The van der Waals surface area contributed by atoms with Gasteiger partial charge in [0, 0.05) is 51.0 Å². The number of hydrogen-bond acceptors (Lipinski definition) is 7. The SMILES string of the molecule is CCN1CCN(c2nc(C)cc(Nc3ccccc3N3CCOCC3)n2)CC1. The summed E-state index contributed by atoms with van der Waals surface area (Å²) >= 11 is 0. The molecule has 0 saturated carbocycles. The van der Waals surface area contributed by atoms with Gasteiger partial charge in [0.2, 0.25) is 5.95 Å². The van der Waals surface area contributed by atoms with Crippen LogP contribution in [0.25, 0.3) is 0 Å². The zero-order valence-corrected chi connectivity index (χ0v) is 16.9. The van der Waals surface area contributed by atoms with Gasteiger partial charge in [-0.15, -0.1) is 0 Å². The number of aryl methyl sites for hydroxylation is 1. The maximum atomic E-state index is 5.50. The fourth-order valence-electron chi connectivity index (χ4n) is 3.82. The van der Waals surface area contributed by atoms with Gasteiger partial charge in [0.25, 0.3) is 0 Å². The van der Waals surface area contributed by atoms with Crippen molar-refractivity contribution in [1.82, 2.24) is 14.9 Å². The number of ether oxygens (including phenoxy) is 1. The van der Waals surface area contributed by atoms with Crippen LogP contribution in [0.3, 0.4) is 0 Å². The van der Waals surface area contributed by atoms with Crippen LogP contribution < -0.4 is 15.1 Å². The minimum absolute atomic E-state index is 0.773. The quantitative estimate of drug-likeness (QED) is 0.853. The molecular weight excluding hydrogens is 352 g/mol. The molecule has 0 atom stereocenters. The smallest absolute Gasteiger partial charge is 0.227 e. The van der Waals surface area contributed by atoms with Gasteiger partial charge >= 0.3 is 0 Å². The van der Waals surface area contributed by atoms with E-state index in [0.29, 0.717) is 0 Å². The summed E-state index contributed by atoms with van der Waals surface area (Å²) in [6.45, 7) is 12.8. The number of anilines is 4. The van der Waals surface area contributed by atoms with Crippen LogP contribution in [-0.2, 0) is 4.74 Å². The molecule has 2 fully saturated rings. The lowest BCUT2D eigenvalue weighted by molar-refractivity contribution is 0.123. The lowest BCUT2D eigenvalue weighted by Gasteiger charge is -2.34. The molecule has 3 heterocycles. The minimum Gasteiger partial charge on any atom is -0.378 e. The first-order chi connectivity index (χ1) is 13.7. The van der Waals surface area contributed by atoms with Gasteiger partial charge in [-0.05, 0) is 25.6 Å². The van der Waals surface area contributed by atoms with Crippen molar-refractivity contribution in [1.29, 1.82) is 0 Å². The maximum Gasteiger partial charge on any atom is 0.227 e. The van der Waals surface area contributed by atoms with Gasteiger partial charge in [-0.25, -0.2) is 4.98 Å². The first kappa shape index (κ1) is 19.0. The third kappa shape index (κ3) is 4.36. The molecule has 2 aliphatic rings. The summed E-state index contributed by atoms with van der Waals surface area (Å²) in [6.07, 6.45) is 0. The van der Waals surface area contributed by atoms with Crippen molar-refractivity contribution in [3.8, 4) is 0 Å². The second-order valence-electron chi connectivity index (χ2n) is 7.36. The zero-order valence-electron chi connectivity index (χ0n) is 16.9. The topological polar surface area (TPSA) is 56.8 Å². The predicted octanol–water partition coefficient (Wildman–Crippen LogP) is 2.51. The lowest BCUT2D eigenvalue weighted by atomic mass is 10.2. The maximum absolute atomic E-state index is 5.50. The Labute approximate surface area is 167 Å². The summed E-state index contributed by atoms with van der Waals surface area (Å²) in [5, 5.41) is 3.54. The summed E-state index contributed by atoms with van der Waals surface area (Å²) in [5.74, 6) is 1.67. The highest BCUT2D eigenvalue weighted by Crippen LogP contribution is 2.29. The van der Waals surface area contributed by atoms with Gasteiger partial charge in [0.05, 0.1) is 24.6 Å². The fourth-order valence-corrected chi connectivity index (χ4v) is 3.82. The van der Waals surface area contributed by atoms with E-state index < -0.39 is 0 Å². The number of hydrogen-bond donors (Lipinski definition) is 1. The molecule has 0 aliphatic carbocycles. The van der Waals surface area contributed by atoms with Crippen LogP contribution in [0.15, 0.2) is 30.3 Å². The van der Waals surface area contributed by atoms with E-state index in [2.05, 4.69) is 51.2 Å². The van der Waals surface area contributed by atoms with Gasteiger partial charge in [-0.1, -0.05) is 19.1 Å². The highest BCUT2D eigenvalue weighted by atomic mass is 16.5. The van der Waals surface area contributed by atoms with E-state index in [1.807, 2.05) is 13.0 Å². The Bertz CT molecular complexity index is 784. The number of likely N-dealkylation sites (N-methyl/N-ethyl adjacent to an activating group) is 1. The Morgan fingerprint density at radius 3 is 2.46 bits per heavy atom. The number of benzene rings is 1. The monoisotopic (exact) mass is 382 g/mol. The van der Waals surface area contributed by atoms with E-state index >= 15 is 0 Å². The third-order valence-electron chi connectivity index (χ3n) is 5.46. The molecule has 28 heavy (non-hydrogen) atoms. The molecule has 4 rings (SSSR count). The van der Waals surface area contributed by atoms with E-state index in [1.165, 1.54) is 5.69 Å². The highest BCUT2D eigenvalue weighted by molar-refractivity contribution is 5.74. The second kappa shape index (κ2) is 8.75. The van der Waals surface area contributed by atoms with Gasteiger partial charge in [0.1, 0.15) is 5.82 Å². The normalized spacial score (nSPS) is 18.4. The number of nitrogens with zero attached hydrogens (tertiary/aromatic N) is 5. The van der Waals surface area contributed by atoms with Gasteiger partial charge in [-0.2, -0.15) is 4.98 Å². The summed E-state index contributed by atoms with van der Waals surface area (Å²) in [5.41, 5.74) is 3.25. The van der Waals surface area contributed by atoms with Crippen LogP contribution in [0.5, 0.6) is 0 Å². The minimum atomic E-state index is 0.773. The van der Waals surface area contributed by atoms with Gasteiger partial charge in [0.15, 0.2) is 0 Å². The molecule has 0 radical (unpaired) electrons. The average molecular weight is 383 g/mol. The average Bonchev–Trinajstić information content (AvgIpc) is 2.74. The van der Waals surface area contributed by atoms with Crippen LogP contribution in [0.4, 0.5) is 23.1 Å². The molecule has 2 aliphatic heterocycles. The highest BCUT2D eigenvalue weighted by Gasteiger charge is 2.19. The Morgan fingerprint density at radius 1 is 0.964 bits per heavy atom. The molecule has 7 nitrogen and oxygen atoms in total.